The summed E-state index contributed by atoms with van der Waals surface area (Å²) in [5.41, 5.74) is 0.0403. The SMILES string of the molecule is O=C(O)[C@H]1Cc2[nH]cnc2[C@@H](C(F)(F)F)N1. The minimum absolute atomic E-state index is 0.0305. The summed E-state index contributed by atoms with van der Waals surface area (Å²) in [5, 5.41) is 10.7. The predicted octanol–water partition coefficient (Wildman–Crippen LogP) is 0.612. The third kappa shape index (κ3) is 1.75. The van der Waals surface area contributed by atoms with Crippen LogP contribution >= 0.6 is 0 Å². The molecule has 1 aliphatic rings. The minimum atomic E-state index is -4.56. The van der Waals surface area contributed by atoms with Crippen molar-refractivity contribution in [2.45, 2.75) is 24.7 Å². The van der Waals surface area contributed by atoms with Crippen LogP contribution in [-0.2, 0) is 11.2 Å². The van der Waals surface area contributed by atoms with Crippen molar-refractivity contribution < 1.29 is 23.1 Å². The van der Waals surface area contributed by atoms with Gasteiger partial charge in [-0.25, -0.2) is 4.98 Å². The van der Waals surface area contributed by atoms with Crippen molar-refractivity contribution in [3.63, 3.8) is 0 Å². The van der Waals surface area contributed by atoms with E-state index in [4.69, 9.17) is 5.11 Å². The molecule has 5 nitrogen and oxygen atoms in total. The summed E-state index contributed by atoms with van der Waals surface area (Å²) >= 11 is 0. The van der Waals surface area contributed by atoms with Gasteiger partial charge in [0.1, 0.15) is 12.1 Å². The van der Waals surface area contributed by atoms with E-state index in [-0.39, 0.29) is 17.8 Å². The largest absolute Gasteiger partial charge is 0.480 e. The topological polar surface area (TPSA) is 78.0 Å². The highest BCUT2D eigenvalue weighted by atomic mass is 19.4. The van der Waals surface area contributed by atoms with Crippen molar-refractivity contribution in [3.8, 4) is 0 Å². The van der Waals surface area contributed by atoms with Gasteiger partial charge < -0.3 is 10.1 Å². The molecule has 0 fully saturated rings. The fourth-order valence-electron chi connectivity index (χ4n) is 1.70. The highest BCUT2D eigenvalue weighted by Crippen LogP contribution is 2.36. The van der Waals surface area contributed by atoms with Gasteiger partial charge in [0.2, 0.25) is 0 Å². The lowest BCUT2D eigenvalue weighted by molar-refractivity contribution is -0.165. The Morgan fingerprint density at radius 2 is 2.25 bits per heavy atom. The van der Waals surface area contributed by atoms with Crippen molar-refractivity contribution in [3.05, 3.63) is 17.7 Å². The van der Waals surface area contributed by atoms with E-state index < -0.39 is 24.2 Å². The Kier molecular flexibility index (Phi) is 2.38. The van der Waals surface area contributed by atoms with E-state index in [0.717, 1.165) is 6.33 Å². The zero-order valence-electron chi connectivity index (χ0n) is 7.88. The van der Waals surface area contributed by atoms with Gasteiger partial charge in [-0.05, 0) is 0 Å². The van der Waals surface area contributed by atoms with Crippen LogP contribution in [-0.4, -0.2) is 33.3 Å². The van der Waals surface area contributed by atoms with Crippen LogP contribution in [0.1, 0.15) is 17.4 Å². The maximum atomic E-state index is 12.6. The Morgan fingerprint density at radius 1 is 1.56 bits per heavy atom. The van der Waals surface area contributed by atoms with Crippen LogP contribution in [0.4, 0.5) is 13.2 Å². The number of hydrogen-bond donors (Lipinski definition) is 3. The second-order valence-electron chi connectivity index (χ2n) is 3.50. The molecular weight excluding hydrogens is 227 g/mol. The Balaban J connectivity index is 2.37. The quantitative estimate of drug-likeness (QED) is 0.666. The van der Waals surface area contributed by atoms with Crippen molar-refractivity contribution in [2.75, 3.05) is 0 Å². The number of aliphatic carboxylic acids is 1. The molecule has 2 heterocycles. The second kappa shape index (κ2) is 3.48. The van der Waals surface area contributed by atoms with Crippen molar-refractivity contribution in [2.24, 2.45) is 0 Å². The van der Waals surface area contributed by atoms with E-state index in [9.17, 15) is 18.0 Å². The van der Waals surface area contributed by atoms with E-state index in [0.29, 0.717) is 0 Å². The number of nitrogens with zero attached hydrogens (tertiary/aromatic N) is 1. The lowest BCUT2D eigenvalue weighted by Crippen LogP contribution is -2.49. The first-order chi connectivity index (χ1) is 7.39. The average Bonchev–Trinajstić information content (AvgIpc) is 2.61. The van der Waals surface area contributed by atoms with E-state index >= 15 is 0 Å². The van der Waals surface area contributed by atoms with E-state index in [1.165, 1.54) is 0 Å². The number of carbonyl (C=O) groups is 1. The van der Waals surface area contributed by atoms with Crippen LogP contribution in [0.5, 0.6) is 0 Å². The molecular formula is C8H8F3N3O2. The van der Waals surface area contributed by atoms with Crippen molar-refractivity contribution in [1.29, 1.82) is 0 Å². The van der Waals surface area contributed by atoms with Gasteiger partial charge in [-0.3, -0.25) is 10.1 Å². The van der Waals surface area contributed by atoms with E-state index in [1.54, 1.807) is 0 Å². The molecule has 16 heavy (non-hydrogen) atoms. The molecule has 2 atom stereocenters. The molecule has 0 amide bonds. The highest BCUT2D eigenvalue weighted by molar-refractivity contribution is 5.74. The molecule has 0 saturated heterocycles. The normalized spacial score (nSPS) is 25.2. The summed E-state index contributed by atoms with van der Waals surface area (Å²) in [5.74, 6) is -1.31. The molecule has 1 aromatic heterocycles. The first-order valence-electron chi connectivity index (χ1n) is 4.47. The molecule has 3 N–H and O–H groups in total. The third-order valence-corrected chi connectivity index (χ3v) is 2.43. The monoisotopic (exact) mass is 235 g/mol. The fraction of sp³-hybridized carbons (Fsp3) is 0.500. The Hall–Kier alpha value is -1.57. The molecule has 0 saturated carbocycles. The maximum Gasteiger partial charge on any atom is 0.409 e. The summed E-state index contributed by atoms with van der Waals surface area (Å²) in [4.78, 5) is 16.8. The first kappa shape index (κ1) is 10.9. The third-order valence-electron chi connectivity index (χ3n) is 2.43. The van der Waals surface area contributed by atoms with E-state index in [2.05, 4.69) is 9.97 Å². The lowest BCUT2D eigenvalue weighted by Gasteiger charge is -2.29. The maximum absolute atomic E-state index is 12.6. The Morgan fingerprint density at radius 3 is 2.81 bits per heavy atom. The molecule has 8 heteroatoms. The average molecular weight is 235 g/mol. The summed E-state index contributed by atoms with van der Waals surface area (Å²) in [6.07, 6.45) is -3.45. The van der Waals surface area contributed by atoms with Crippen LogP contribution in [0.15, 0.2) is 6.33 Å². The number of alkyl halides is 3. The molecule has 0 unspecified atom stereocenters. The van der Waals surface area contributed by atoms with Gasteiger partial charge in [-0.1, -0.05) is 0 Å². The number of aromatic amines is 1. The number of aromatic nitrogens is 2. The summed E-state index contributed by atoms with van der Waals surface area (Å²) < 4.78 is 37.9. The molecule has 1 aromatic rings. The number of carboxylic acid groups (broad SMARTS) is 1. The molecule has 0 aliphatic carbocycles. The summed E-state index contributed by atoms with van der Waals surface area (Å²) in [6.45, 7) is 0. The molecule has 0 radical (unpaired) electrons. The highest BCUT2D eigenvalue weighted by Gasteiger charge is 2.47. The fourth-order valence-corrected chi connectivity index (χ4v) is 1.70. The van der Waals surface area contributed by atoms with Crippen LogP contribution in [0.2, 0.25) is 0 Å². The molecule has 1 aliphatic heterocycles. The number of fused-ring (bicyclic) bond motifs is 1. The second-order valence-corrected chi connectivity index (χ2v) is 3.50. The first-order valence-corrected chi connectivity index (χ1v) is 4.47. The Labute approximate surface area is 87.7 Å². The number of halogens is 3. The van der Waals surface area contributed by atoms with Crippen LogP contribution in [0.3, 0.4) is 0 Å². The zero-order valence-corrected chi connectivity index (χ0v) is 7.88. The van der Waals surface area contributed by atoms with Gasteiger partial charge in [0.05, 0.1) is 12.0 Å². The molecule has 0 bridgehead atoms. The number of carboxylic acids is 1. The molecule has 0 aromatic carbocycles. The Bertz CT molecular complexity index is 415. The van der Waals surface area contributed by atoms with Gasteiger partial charge >= 0.3 is 12.1 Å². The van der Waals surface area contributed by atoms with Gasteiger partial charge in [0.25, 0.3) is 0 Å². The molecule has 2 rings (SSSR count). The number of rotatable bonds is 1. The number of hydrogen-bond acceptors (Lipinski definition) is 3. The number of imidazole rings is 1. The summed E-state index contributed by atoms with van der Waals surface area (Å²) in [6, 6.07) is -3.27. The van der Waals surface area contributed by atoms with Gasteiger partial charge in [-0.15, -0.1) is 0 Å². The van der Waals surface area contributed by atoms with E-state index in [1.807, 2.05) is 5.32 Å². The number of nitrogens with one attached hydrogen (secondary N) is 2. The van der Waals surface area contributed by atoms with Gasteiger partial charge in [-0.2, -0.15) is 13.2 Å². The van der Waals surface area contributed by atoms with Crippen LogP contribution in [0.25, 0.3) is 0 Å². The predicted molar refractivity (Wildman–Crippen MR) is 45.6 cm³/mol. The minimum Gasteiger partial charge on any atom is -0.480 e. The van der Waals surface area contributed by atoms with Crippen LogP contribution in [0, 0.1) is 0 Å². The lowest BCUT2D eigenvalue weighted by atomic mass is 9.99. The molecule has 0 spiro atoms. The summed E-state index contributed by atoms with van der Waals surface area (Å²) in [7, 11) is 0. The zero-order chi connectivity index (χ0) is 11.9. The van der Waals surface area contributed by atoms with Gasteiger partial charge in [0.15, 0.2) is 0 Å². The van der Waals surface area contributed by atoms with Crippen LogP contribution < -0.4 is 5.32 Å². The number of H-pyrrole nitrogens is 1. The molecule has 88 valence electrons. The smallest absolute Gasteiger partial charge is 0.409 e. The van der Waals surface area contributed by atoms with Gasteiger partial charge in [0, 0.05) is 12.1 Å². The van der Waals surface area contributed by atoms with Crippen molar-refractivity contribution in [1.82, 2.24) is 15.3 Å². The standard InChI is InChI=1S/C8H8F3N3O2/c9-8(10,11)6-5-3(12-2-13-5)1-4(14-6)7(15)16/h2,4,6,14H,1H2,(H,12,13)(H,15,16)/t4-,6+/m1/s1. The van der Waals surface area contributed by atoms with Crippen molar-refractivity contribution >= 4 is 5.97 Å².